The Bertz CT molecular complexity index is 1440. The van der Waals surface area contributed by atoms with Crippen molar-refractivity contribution in [3.63, 3.8) is 0 Å². The fourth-order valence-corrected chi connectivity index (χ4v) is 6.33. The molecule has 0 amide bonds. The van der Waals surface area contributed by atoms with Crippen LogP contribution in [0.3, 0.4) is 0 Å². The molecule has 1 unspecified atom stereocenters. The third-order valence-corrected chi connectivity index (χ3v) is 8.60. The Morgan fingerprint density at radius 2 is 1.74 bits per heavy atom. The molecule has 1 aliphatic rings. The first-order valence-corrected chi connectivity index (χ1v) is 15.5. The van der Waals surface area contributed by atoms with Gasteiger partial charge in [0.25, 0.3) is 0 Å². The van der Waals surface area contributed by atoms with Gasteiger partial charge in [0.1, 0.15) is 11.4 Å². The second kappa shape index (κ2) is 11.4. The molecule has 0 spiro atoms. The zero-order chi connectivity index (χ0) is 27.5. The van der Waals surface area contributed by atoms with Gasteiger partial charge in [-0.2, -0.15) is 0 Å². The standard InChI is InChI=1S/C29H33NO6S2/c1-29(2,3)36-28(31)19-35-27-13-7-10-24-25(27)11-6-12-26(24)30-38(33,34)23-16-14-20(15-17-23)21-8-5-9-22(18-21)37(4)32/h5,7-10,13-18,26,30H,6,11-12,19H2,1-4H3/t26?,37-/m1/s1. The van der Waals surface area contributed by atoms with Crippen molar-refractivity contribution in [2.45, 2.75) is 61.5 Å². The van der Waals surface area contributed by atoms with Crippen molar-refractivity contribution < 1.29 is 26.9 Å². The molecular formula is C29H33NO6S2. The third-order valence-electron chi connectivity index (χ3n) is 6.19. The zero-order valence-electron chi connectivity index (χ0n) is 22.0. The number of fused-ring (bicyclic) bond motifs is 1. The molecule has 0 bridgehead atoms. The van der Waals surface area contributed by atoms with Gasteiger partial charge in [-0.05, 0) is 92.6 Å². The van der Waals surface area contributed by atoms with Crippen molar-refractivity contribution in [1.29, 1.82) is 0 Å². The van der Waals surface area contributed by atoms with Gasteiger partial charge >= 0.3 is 5.97 Å². The molecule has 0 saturated heterocycles. The number of carbonyl (C=O) groups excluding carboxylic acids is 1. The fraction of sp³-hybridized carbons (Fsp3) is 0.345. The summed E-state index contributed by atoms with van der Waals surface area (Å²) in [5.41, 5.74) is 2.86. The molecule has 2 atom stereocenters. The lowest BCUT2D eigenvalue weighted by Gasteiger charge is -2.28. The first kappa shape index (κ1) is 28.0. The molecule has 38 heavy (non-hydrogen) atoms. The van der Waals surface area contributed by atoms with Crippen LogP contribution in [0.5, 0.6) is 5.75 Å². The molecule has 3 aromatic rings. The number of carbonyl (C=O) groups is 1. The molecular weight excluding hydrogens is 522 g/mol. The van der Waals surface area contributed by atoms with Crippen molar-refractivity contribution in [1.82, 2.24) is 4.72 Å². The van der Waals surface area contributed by atoms with E-state index in [0.29, 0.717) is 17.1 Å². The SMILES string of the molecule is C[S@@](=O)c1cccc(-c2ccc(S(=O)(=O)NC3CCCc4c(OCC(=O)OC(C)(C)C)cccc43)cc2)c1. The summed E-state index contributed by atoms with van der Waals surface area (Å²) in [6, 6.07) is 19.1. The number of rotatable bonds is 8. The maximum atomic E-state index is 13.3. The number of esters is 1. The smallest absolute Gasteiger partial charge is 0.344 e. The molecule has 0 saturated carbocycles. The van der Waals surface area contributed by atoms with E-state index in [0.717, 1.165) is 35.1 Å². The molecule has 0 radical (unpaired) electrons. The van der Waals surface area contributed by atoms with E-state index in [9.17, 15) is 17.4 Å². The number of sulfonamides is 1. The molecule has 1 aliphatic carbocycles. The van der Waals surface area contributed by atoms with Gasteiger partial charge in [-0.15, -0.1) is 0 Å². The molecule has 3 aromatic carbocycles. The van der Waals surface area contributed by atoms with E-state index in [1.54, 1.807) is 63.4 Å². The summed E-state index contributed by atoms with van der Waals surface area (Å²) in [7, 11) is -4.90. The van der Waals surface area contributed by atoms with Crippen molar-refractivity contribution in [2.75, 3.05) is 12.9 Å². The molecule has 9 heteroatoms. The number of ether oxygens (including phenoxy) is 2. The molecule has 0 aromatic heterocycles. The van der Waals surface area contributed by atoms with Crippen molar-refractivity contribution in [2.24, 2.45) is 0 Å². The molecule has 202 valence electrons. The lowest BCUT2D eigenvalue weighted by molar-refractivity contribution is -0.157. The van der Waals surface area contributed by atoms with Crippen molar-refractivity contribution in [3.05, 3.63) is 77.9 Å². The third kappa shape index (κ3) is 6.89. The van der Waals surface area contributed by atoms with Crippen LogP contribution < -0.4 is 9.46 Å². The highest BCUT2D eigenvalue weighted by Gasteiger charge is 2.28. The first-order chi connectivity index (χ1) is 17.9. The van der Waals surface area contributed by atoms with Crippen molar-refractivity contribution in [3.8, 4) is 16.9 Å². The van der Waals surface area contributed by atoms with Crippen LogP contribution in [-0.2, 0) is 36.8 Å². The molecule has 0 fully saturated rings. The molecule has 4 rings (SSSR count). The summed E-state index contributed by atoms with van der Waals surface area (Å²) < 4.78 is 52.4. The van der Waals surface area contributed by atoms with Crippen LogP contribution in [0.25, 0.3) is 11.1 Å². The van der Waals surface area contributed by atoms with E-state index in [1.165, 1.54) is 0 Å². The minimum absolute atomic E-state index is 0.168. The number of hydrogen-bond acceptors (Lipinski definition) is 6. The van der Waals surface area contributed by atoms with E-state index < -0.39 is 38.4 Å². The van der Waals surface area contributed by atoms with E-state index in [1.807, 2.05) is 30.3 Å². The van der Waals surface area contributed by atoms with Gasteiger partial charge in [0, 0.05) is 28.0 Å². The topological polar surface area (TPSA) is 98.8 Å². The highest BCUT2D eigenvalue weighted by Crippen LogP contribution is 2.36. The van der Waals surface area contributed by atoms with Gasteiger partial charge in [0.05, 0.1) is 4.90 Å². The maximum absolute atomic E-state index is 13.3. The second-order valence-corrected chi connectivity index (χ2v) is 13.4. The van der Waals surface area contributed by atoms with Crippen LogP contribution in [0.2, 0.25) is 0 Å². The normalized spacial score (nSPS) is 16.4. The Labute approximate surface area is 227 Å². The largest absolute Gasteiger partial charge is 0.482 e. The quantitative estimate of drug-likeness (QED) is 0.385. The zero-order valence-corrected chi connectivity index (χ0v) is 23.7. The van der Waals surface area contributed by atoms with E-state index in [2.05, 4.69) is 4.72 Å². The lowest BCUT2D eigenvalue weighted by atomic mass is 9.87. The van der Waals surface area contributed by atoms with Crippen LogP contribution >= 0.6 is 0 Å². The predicted molar refractivity (Wildman–Crippen MR) is 148 cm³/mol. The molecule has 0 heterocycles. The Morgan fingerprint density at radius 1 is 1.03 bits per heavy atom. The summed E-state index contributed by atoms with van der Waals surface area (Å²) >= 11 is 0. The van der Waals surface area contributed by atoms with Gasteiger partial charge < -0.3 is 9.47 Å². The van der Waals surface area contributed by atoms with E-state index >= 15 is 0 Å². The van der Waals surface area contributed by atoms with Gasteiger partial charge in [-0.25, -0.2) is 17.9 Å². The summed E-state index contributed by atoms with van der Waals surface area (Å²) in [6.45, 7) is 5.18. The second-order valence-electron chi connectivity index (χ2n) is 10.3. The Hall–Kier alpha value is -3.01. The van der Waals surface area contributed by atoms with Gasteiger partial charge in [-0.3, -0.25) is 4.21 Å². The fourth-order valence-electron chi connectivity index (χ4n) is 4.52. The van der Waals surface area contributed by atoms with Crippen LogP contribution in [0.4, 0.5) is 0 Å². The number of nitrogens with one attached hydrogen (secondary N) is 1. The minimum atomic E-state index is -3.80. The summed E-state index contributed by atoms with van der Waals surface area (Å²) in [6.07, 6.45) is 3.79. The predicted octanol–water partition coefficient (Wildman–Crippen LogP) is 5.17. The minimum Gasteiger partial charge on any atom is -0.482 e. The monoisotopic (exact) mass is 555 g/mol. The molecule has 1 N–H and O–H groups in total. The first-order valence-electron chi connectivity index (χ1n) is 12.5. The van der Waals surface area contributed by atoms with Gasteiger partial charge in [-0.1, -0.05) is 36.4 Å². The highest BCUT2D eigenvalue weighted by molar-refractivity contribution is 7.89. The summed E-state index contributed by atoms with van der Waals surface area (Å²) in [4.78, 5) is 13.0. The Kier molecular flexibility index (Phi) is 8.40. The van der Waals surface area contributed by atoms with Crippen LogP contribution in [0.15, 0.2) is 76.5 Å². The van der Waals surface area contributed by atoms with Crippen LogP contribution in [0.1, 0.15) is 50.8 Å². The number of benzene rings is 3. The van der Waals surface area contributed by atoms with Gasteiger partial charge in [0.15, 0.2) is 6.61 Å². The highest BCUT2D eigenvalue weighted by atomic mass is 32.2. The number of hydrogen-bond donors (Lipinski definition) is 1. The van der Waals surface area contributed by atoms with E-state index in [-0.39, 0.29) is 11.5 Å². The van der Waals surface area contributed by atoms with E-state index in [4.69, 9.17) is 9.47 Å². The van der Waals surface area contributed by atoms with Crippen LogP contribution in [-0.4, -0.2) is 37.1 Å². The summed E-state index contributed by atoms with van der Waals surface area (Å²) in [5.74, 6) is 0.109. The lowest BCUT2D eigenvalue weighted by Crippen LogP contribution is -2.31. The average Bonchev–Trinajstić information content (AvgIpc) is 2.86. The molecule has 7 nitrogen and oxygen atoms in total. The maximum Gasteiger partial charge on any atom is 0.344 e. The Morgan fingerprint density at radius 3 is 2.42 bits per heavy atom. The van der Waals surface area contributed by atoms with Gasteiger partial charge in [0.2, 0.25) is 10.0 Å². The average molecular weight is 556 g/mol. The van der Waals surface area contributed by atoms with Crippen LogP contribution in [0, 0.1) is 0 Å². The van der Waals surface area contributed by atoms with Crippen molar-refractivity contribution >= 4 is 26.8 Å². The Balaban J connectivity index is 1.50. The molecule has 0 aliphatic heterocycles. The summed E-state index contributed by atoms with van der Waals surface area (Å²) in [5, 5.41) is 0.